The number of sulfonamides is 1. The van der Waals surface area contributed by atoms with Crippen molar-refractivity contribution in [3.63, 3.8) is 0 Å². The van der Waals surface area contributed by atoms with Crippen molar-refractivity contribution in [2.45, 2.75) is 11.3 Å². The van der Waals surface area contributed by atoms with E-state index >= 15 is 0 Å². The molecule has 124 valence electrons. The Labute approximate surface area is 137 Å². The lowest BCUT2D eigenvalue weighted by molar-refractivity contribution is 0.0690. The van der Waals surface area contributed by atoms with Crippen LogP contribution in [0.3, 0.4) is 0 Å². The summed E-state index contributed by atoms with van der Waals surface area (Å²) in [5, 5.41) is 17.6. The fraction of sp³-hybridized carbons (Fsp3) is 0.133. The molecule has 2 rings (SSSR count). The molecule has 1 aromatic heterocycles. The highest BCUT2D eigenvalue weighted by Gasteiger charge is 2.16. The summed E-state index contributed by atoms with van der Waals surface area (Å²) in [6.45, 7) is -0.0301. The monoisotopic (exact) mass is 349 g/mol. The van der Waals surface area contributed by atoms with Crippen molar-refractivity contribution < 1.29 is 22.7 Å². The number of halogens is 1. The van der Waals surface area contributed by atoms with Crippen molar-refractivity contribution in [1.82, 2.24) is 9.71 Å². The smallest absolute Gasteiger partial charge is 0.354 e. The number of nitrogens with one attached hydrogen (secondary N) is 1. The van der Waals surface area contributed by atoms with E-state index < -0.39 is 21.8 Å². The van der Waals surface area contributed by atoms with Crippen molar-refractivity contribution in [1.29, 1.82) is 5.26 Å². The maximum absolute atomic E-state index is 13.2. The first-order chi connectivity index (χ1) is 11.3. The zero-order valence-electron chi connectivity index (χ0n) is 12.2. The molecule has 0 amide bonds. The molecule has 0 aliphatic heterocycles. The molecule has 0 atom stereocenters. The molecule has 7 nitrogen and oxygen atoms in total. The minimum absolute atomic E-state index is 0.0301. The van der Waals surface area contributed by atoms with Crippen LogP contribution in [0.15, 0.2) is 41.3 Å². The molecule has 2 N–H and O–H groups in total. The number of aromatic carboxylic acids is 1. The van der Waals surface area contributed by atoms with Crippen molar-refractivity contribution in [2.24, 2.45) is 0 Å². The van der Waals surface area contributed by atoms with Crippen LogP contribution in [0.4, 0.5) is 4.39 Å². The molecule has 0 spiro atoms. The summed E-state index contributed by atoms with van der Waals surface area (Å²) in [4.78, 5) is 14.5. The number of benzene rings is 1. The van der Waals surface area contributed by atoms with Gasteiger partial charge >= 0.3 is 5.97 Å². The fourth-order valence-corrected chi connectivity index (χ4v) is 2.95. The Bertz CT molecular complexity index is 923. The van der Waals surface area contributed by atoms with E-state index in [2.05, 4.69) is 9.71 Å². The molecule has 24 heavy (non-hydrogen) atoms. The Morgan fingerprint density at radius 2 is 2.08 bits per heavy atom. The first-order valence-corrected chi connectivity index (χ1v) is 8.20. The zero-order chi connectivity index (χ0) is 17.7. The lowest BCUT2D eigenvalue weighted by Gasteiger charge is -2.07. The predicted octanol–water partition coefficient (Wildman–Crippen LogP) is 1.31. The molecule has 1 heterocycles. The molecule has 0 saturated carbocycles. The van der Waals surface area contributed by atoms with Crippen LogP contribution in [-0.4, -0.2) is 31.0 Å². The number of rotatable bonds is 6. The minimum atomic E-state index is -3.92. The zero-order valence-corrected chi connectivity index (χ0v) is 13.0. The molecule has 0 bridgehead atoms. The maximum Gasteiger partial charge on any atom is 0.354 e. The number of nitriles is 1. The Hall–Kier alpha value is -2.83. The van der Waals surface area contributed by atoms with Crippen molar-refractivity contribution in [3.05, 3.63) is 59.2 Å². The topological polar surface area (TPSA) is 120 Å². The van der Waals surface area contributed by atoms with Crippen LogP contribution < -0.4 is 4.72 Å². The molecule has 0 saturated heterocycles. The first-order valence-electron chi connectivity index (χ1n) is 6.72. The normalized spacial score (nSPS) is 11.0. The summed E-state index contributed by atoms with van der Waals surface area (Å²) in [7, 11) is -3.92. The Morgan fingerprint density at radius 3 is 2.75 bits per heavy atom. The highest BCUT2D eigenvalue weighted by Crippen LogP contribution is 2.14. The summed E-state index contributed by atoms with van der Waals surface area (Å²) in [6, 6.07) is 8.90. The summed E-state index contributed by atoms with van der Waals surface area (Å²) in [5.41, 5.74) is -0.0873. The lowest BCUT2D eigenvalue weighted by Crippen LogP contribution is -2.26. The standard InChI is InChI=1S/C15H12FN3O4S/c16-13-5-4-12(8-10(13)9-17)24(22,23)18-7-6-11-2-1-3-14(19-11)15(20)21/h1-5,8,18H,6-7H2,(H,20,21). The van der Waals surface area contributed by atoms with Crippen LogP contribution in [-0.2, 0) is 16.4 Å². The van der Waals surface area contributed by atoms with E-state index in [1.54, 1.807) is 12.1 Å². The van der Waals surface area contributed by atoms with Crippen LogP contribution in [0.25, 0.3) is 0 Å². The Balaban J connectivity index is 2.07. The van der Waals surface area contributed by atoms with Crippen LogP contribution in [0.1, 0.15) is 21.7 Å². The largest absolute Gasteiger partial charge is 0.477 e. The molecule has 0 unspecified atom stereocenters. The third kappa shape index (κ3) is 4.13. The van der Waals surface area contributed by atoms with E-state index in [4.69, 9.17) is 10.4 Å². The van der Waals surface area contributed by atoms with Gasteiger partial charge in [0.15, 0.2) is 0 Å². The second-order valence-corrected chi connectivity index (χ2v) is 6.49. The number of carboxylic acids is 1. The molecule has 0 aliphatic rings. The van der Waals surface area contributed by atoms with Crippen molar-refractivity contribution in [3.8, 4) is 6.07 Å². The van der Waals surface area contributed by atoms with Gasteiger partial charge in [0.25, 0.3) is 0 Å². The summed E-state index contributed by atoms with van der Waals surface area (Å²) >= 11 is 0. The minimum Gasteiger partial charge on any atom is -0.477 e. The number of hydrogen-bond donors (Lipinski definition) is 2. The van der Waals surface area contributed by atoms with Gasteiger partial charge in [0.05, 0.1) is 10.5 Å². The number of pyridine rings is 1. The number of aromatic nitrogens is 1. The molecule has 0 radical (unpaired) electrons. The predicted molar refractivity (Wildman–Crippen MR) is 81.2 cm³/mol. The van der Waals surface area contributed by atoms with Crippen molar-refractivity contribution >= 4 is 16.0 Å². The van der Waals surface area contributed by atoms with Gasteiger partial charge < -0.3 is 5.11 Å². The van der Waals surface area contributed by atoms with E-state index in [1.165, 1.54) is 12.1 Å². The SMILES string of the molecule is N#Cc1cc(S(=O)(=O)NCCc2cccc(C(=O)O)n2)ccc1F. The molecular weight excluding hydrogens is 337 g/mol. The summed E-state index contributed by atoms with van der Waals surface area (Å²) in [6.07, 6.45) is 0.173. The van der Waals surface area contributed by atoms with E-state index in [9.17, 15) is 17.6 Å². The van der Waals surface area contributed by atoms with Crippen LogP contribution in [0, 0.1) is 17.1 Å². The number of carbonyl (C=O) groups is 1. The first kappa shape index (κ1) is 17.5. The quantitative estimate of drug-likeness (QED) is 0.811. The van der Waals surface area contributed by atoms with Gasteiger partial charge in [-0.15, -0.1) is 0 Å². The number of carboxylic acid groups (broad SMARTS) is 1. The second kappa shape index (κ2) is 7.16. The molecule has 0 fully saturated rings. The molecule has 9 heteroatoms. The Morgan fingerprint density at radius 1 is 1.33 bits per heavy atom. The van der Waals surface area contributed by atoms with Gasteiger partial charge in [0, 0.05) is 18.7 Å². The summed E-state index contributed by atoms with van der Waals surface area (Å²) < 4.78 is 39.8. The van der Waals surface area contributed by atoms with Crippen molar-refractivity contribution in [2.75, 3.05) is 6.54 Å². The average Bonchev–Trinajstić information content (AvgIpc) is 2.55. The van der Waals surface area contributed by atoms with Gasteiger partial charge in [-0.25, -0.2) is 27.3 Å². The maximum atomic E-state index is 13.2. The van der Waals surface area contributed by atoms with Gasteiger partial charge in [0.1, 0.15) is 17.6 Å². The van der Waals surface area contributed by atoms with E-state index in [-0.39, 0.29) is 29.1 Å². The highest BCUT2D eigenvalue weighted by molar-refractivity contribution is 7.89. The fourth-order valence-electron chi connectivity index (χ4n) is 1.89. The molecule has 0 aliphatic carbocycles. The number of nitrogens with zero attached hydrogens (tertiary/aromatic N) is 2. The van der Waals surface area contributed by atoms with Gasteiger partial charge in [-0.2, -0.15) is 5.26 Å². The van der Waals surface area contributed by atoms with Crippen LogP contribution in [0.2, 0.25) is 0 Å². The lowest BCUT2D eigenvalue weighted by atomic mass is 10.2. The van der Waals surface area contributed by atoms with Gasteiger partial charge in [0.2, 0.25) is 10.0 Å². The van der Waals surface area contributed by atoms with Crippen LogP contribution in [0.5, 0.6) is 0 Å². The molecular formula is C15H12FN3O4S. The van der Waals surface area contributed by atoms with Gasteiger partial charge in [-0.1, -0.05) is 6.07 Å². The van der Waals surface area contributed by atoms with E-state index in [0.717, 1.165) is 18.2 Å². The third-order valence-corrected chi connectivity index (χ3v) is 4.53. The third-order valence-electron chi connectivity index (χ3n) is 3.07. The number of hydrogen-bond acceptors (Lipinski definition) is 5. The average molecular weight is 349 g/mol. The summed E-state index contributed by atoms with van der Waals surface area (Å²) in [5.74, 6) is -1.97. The second-order valence-electron chi connectivity index (χ2n) is 4.72. The highest BCUT2D eigenvalue weighted by atomic mass is 32.2. The van der Waals surface area contributed by atoms with Gasteiger partial charge in [-0.05, 0) is 30.3 Å². The van der Waals surface area contributed by atoms with Crippen LogP contribution >= 0.6 is 0 Å². The van der Waals surface area contributed by atoms with Gasteiger partial charge in [-0.3, -0.25) is 0 Å². The molecule has 2 aromatic rings. The Kier molecular flexibility index (Phi) is 5.23. The van der Waals surface area contributed by atoms with E-state index in [1.807, 2.05) is 0 Å². The molecule has 1 aromatic carbocycles. The van der Waals surface area contributed by atoms with E-state index in [0.29, 0.717) is 5.69 Å².